The van der Waals surface area contributed by atoms with E-state index in [1.54, 1.807) is 57.2 Å². The van der Waals surface area contributed by atoms with Crippen LogP contribution in [0, 0.1) is 0 Å². The summed E-state index contributed by atoms with van der Waals surface area (Å²) in [5.41, 5.74) is 0.264. The Kier molecular flexibility index (Phi) is 7.37. The number of unbranched alkanes of at least 4 members (excludes halogenated alkanes) is 1. The summed E-state index contributed by atoms with van der Waals surface area (Å²) in [5.74, 6) is 0.602. The SMILES string of the molecule is CCCCOC(=O)c1ccc(Oc2ccc(NC(=O)OC(C)(C)C)cc2)cn1. The number of carbonyl (C=O) groups is 2. The van der Waals surface area contributed by atoms with Gasteiger partial charge in [-0.2, -0.15) is 0 Å². The van der Waals surface area contributed by atoms with Crippen LogP contribution in [0.25, 0.3) is 0 Å². The highest BCUT2D eigenvalue weighted by molar-refractivity contribution is 5.87. The number of amides is 1. The second kappa shape index (κ2) is 9.73. The predicted octanol–water partition coefficient (Wildman–Crippen LogP) is 5.18. The molecular weight excluding hydrogens is 360 g/mol. The molecule has 0 radical (unpaired) electrons. The highest BCUT2D eigenvalue weighted by Gasteiger charge is 2.16. The zero-order valence-electron chi connectivity index (χ0n) is 16.7. The number of nitrogens with zero attached hydrogens (tertiary/aromatic N) is 1. The van der Waals surface area contributed by atoms with Gasteiger partial charge < -0.3 is 14.2 Å². The molecule has 2 rings (SSSR count). The molecule has 0 unspecified atom stereocenters. The molecule has 0 saturated carbocycles. The molecule has 1 N–H and O–H groups in total. The normalized spacial score (nSPS) is 10.9. The van der Waals surface area contributed by atoms with Crippen LogP contribution in [-0.4, -0.2) is 29.3 Å². The van der Waals surface area contributed by atoms with Crippen molar-refractivity contribution in [1.82, 2.24) is 4.98 Å². The van der Waals surface area contributed by atoms with Gasteiger partial charge in [-0.3, -0.25) is 5.32 Å². The van der Waals surface area contributed by atoms with Gasteiger partial charge in [0.05, 0.1) is 12.8 Å². The average Bonchev–Trinajstić information content (AvgIpc) is 2.62. The van der Waals surface area contributed by atoms with Crippen LogP contribution in [-0.2, 0) is 9.47 Å². The lowest BCUT2D eigenvalue weighted by molar-refractivity contribution is 0.0492. The van der Waals surface area contributed by atoms with Crippen LogP contribution in [0.2, 0.25) is 0 Å². The number of benzene rings is 1. The van der Waals surface area contributed by atoms with Gasteiger partial charge in [0, 0.05) is 5.69 Å². The third-order valence-corrected chi connectivity index (χ3v) is 3.41. The van der Waals surface area contributed by atoms with Crippen molar-refractivity contribution in [2.24, 2.45) is 0 Å². The lowest BCUT2D eigenvalue weighted by atomic mass is 10.2. The quantitative estimate of drug-likeness (QED) is 0.521. The van der Waals surface area contributed by atoms with Gasteiger partial charge in [-0.05, 0) is 63.6 Å². The Bertz CT molecular complexity index is 780. The third-order valence-electron chi connectivity index (χ3n) is 3.41. The number of hydrogen-bond donors (Lipinski definition) is 1. The van der Waals surface area contributed by atoms with E-state index in [0.717, 1.165) is 12.8 Å². The summed E-state index contributed by atoms with van der Waals surface area (Å²) in [6.45, 7) is 7.81. The number of carbonyl (C=O) groups excluding carboxylic acids is 2. The Hall–Kier alpha value is -3.09. The topological polar surface area (TPSA) is 86.8 Å². The molecular formula is C21H26N2O5. The van der Waals surface area contributed by atoms with Crippen molar-refractivity contribution in [2.75, 3.05) is 11.9 Å². The van der Waals surface area contributed by atoms with E-state index >= 15 is 0 Å². The minimum absolute atomic E-state index is 0.236. The van der Waals surface area contributed by atoms with Crippen LogP contribution < -0.4 is 10.1 Å². The van der Waals surface area contributed by atoms with Crippen molar-refractivity contribution in [3.05, 3.63) is 48.3 Å². The summed E-state index contributed by atoms with van der Waals surface area (Å²) in [6.07, 6.45) is 2.72. The standard InChI is InChI=1S/C21H26N2O5/c1-5-6-13-26-19(24)18-12-11-17(14-22-18)27-16-9-7-15(8-10-16)23-20(25)28-21(2,3)4/h7-12,14H,5-6,13H2,1-4H3,(H,23,25). The lowest BCUT2D eigenvalue weighted by Gasteiger charge is -2.19. The molecule has 2 aromatic rings. The maximum Gasteiger partial charge on any atom is 0.412 e. The highest BCUT2D eigenvalue weighted by Crippen LogP contribution is 2.23. The van der Waals surface area contributed by atoms with E-state index in [4.69, 9.17) is 14.2 Å². The monoisotopic (exact) mass is 386 g/mol. The molecule has 7 heteroatoms. The number of aromatic nitrogens is 1. The molecule has 0 spiro atoms. The Morgan fingerprint density at radius 2 is 1.71 bits per heavy atom. The fraction of sp³-hybridized carbons (Fsp3) is 0.381. The number of rotatable bonds is 7. The zero-order valence-corrected chi connectivity index (χ0v) is 16.7. The van der Waals surface area contributed by atoms with Crippen LogP contribution in [0.4, 0.5) is 10.5 Å². The van der Waals surface area contributed by atoms with Crippen LogP contribution in [0.5, 0.6) is 11.5 Å². The van der Waals surface area contributed by atoms with E-state index in [0.29, 0.717) is 23.8 Å². The summed E-state index contributed by atoms with van der Waals surface area (Å²) >= 11 is 0. The third kappa shape index (κ3) is 7.26. The van der Waals surface area contributed by atoms with Crippen molar-refractivity contribution in [3.8, 4) is 11.5 Å². The molecule has 7 nitrogen and oxygen atoms in total. The molecule has 0 aliphatic heterocycles. The summed E-state index contributed by atoms with van der Waals surface area (Å²) in [4.78, 5) is 27.7. The van der Waals surface area contributed by atoms with Crippen LogP contribution in [0.3, 0.4) is 0 Å². The molecule has 0 bridgehead atoms. The van der Waals surface area contributed by atoms with Gasteiger partial charge in [0.25, 0.3) is 0 Å². The van der Waals surface area contributed by atoms with E-state index in [-0.39, 0.29) is 5.69 Å². The molecule has 28 heavy (non-hydrogen) atoms. The van der Waals surface area contributed by atoms with E-state index in [2.05, 4.69) is 10.3 Å². The maximum atomic E-state index is 11.8. The predicted molar refractivity (Wildman–Crippen MR) is 106 cm³/mol. The molecule has 0 aliphatic rings. The van der Waals surface area contributed by atoms with E-state index in [1.165, 1.54) is 6.20 Å². The molecule has 150 valence electrons. The van der Waals surface area contributed by atoms with Crippen LogP contribution in [0.1, 0.15) is 51.0 Å². The first-order chi connectivity index (χ1) is 13.3. The zero-order chi connectivity index (χ0) is 20.6. The number of pyridine rings is 1. The van der Waals surface area contributed by atoms with Crippen molar-refractivity contribution in [3.63, 3.8) is 0 Å². The van der Waals surface area contributed by atoms with Gasteiger partial charge in [0.2, 0.25) is 0 Å². The first-order valence-corrected chi connectivity index (χ1v) is 9.18. The minimum Gasteiger partial charge on any atom is -0.461 e. The van der Waals surface area contributed by atoms with Gasteiger partial charge in [0.15, 0.2) is 0 Å². The Morgan fingerprint density at radius 3 is 2.29 bits per heavy atom. The highest BCUT2D eigenvalue weighted by atomic mass is 16.6. The molecule has 1 heterocycles. The first kappa shape index (κ1) is 21.2. The molecule has 0 fully saturated rings. The molecule has 1 aromatic carbocycles. The number of anilines is 1. The molecule has 1 amide bonds. The van der Waals surface area contributed by atoms with E-state index < -0.39 is 17.7 Å². The lowest BCUT2D eigenvalue weighted by Crippen LogP contribution is -2.27. The largest absolute Gasteiger partial charge is 0.461 e. The Morgan fingerprint density at radius 1 is 1.04 bits per heavy atom. The fourth-order valence-corrected chi connectivity index (χ4v) is 2.11. The molecule has 0 atom stereocenters. The van der Waals surface area contributed by atoms with Gasteiger partial charge in [-0.25, -0.2) is 14.6 Å². The Balaban J connectivity index is 1.90. The van der Waals surface area contributed by atoms with Crippen molar-refractivity contribution >= 4 is 17.7 Å². The van der Waals surface area contributed by atoms with Crippen LogP contribution >= 0.6 is 0 Å². The summed E-state index contributed by atoms with van der Waals surface area (Å²) < 4.78 is 16.0. The number of esters is 1. The summed E-state index contributed by atoms with van der Waals surface area (Å²) in [7, 11) is 0. The second-order valence-corrected chi connectivity index (χ2v) is 7.12. The van der Waals surface area contributed by atoms with Gasteiger partial charge in [-0.15, -0.1) is 0 Å². The van der Waals surface area contributed by atoms with Crippen molar-refractivity contribution < 1.29 is 23.8 Å². The fourth-order valence-electron chi connectivity index (χ4n) is 2.11. The van der Waals surface area contributed by atoms with Gasteiger partial charge in [-0.1, -0.05) is 13.3 Å². The number of ether oxygens (including phenoxy) is 3. The first-order valence-electron chi connectivity index (χ1n) is 9.18. The molecule has 1 aromatic heterocycles. The summed E-state index contributed by atoms with van der Waals surface area (Å²) in [5, 5.41) is 2.65. The van der Waals surface area contributed by atoms with Gasteiger partial charge >= 0.3 is 12.1 Å². The summed E-state index contributed by atoms with van der Waals surface area (Å²) in [6, 6.07) is 10.0. The van der Waals surface area contributed by atoms with E-state index in [1.807, 2.05) is 6.92 Å². The maximum absolute atomic E-state index is 11.8. The molecule has 0 aliphatic carbocycles. The van der Waals surface area contributed by atoms with Crippen molar-refractivity contribution in [2.45, 2.75) is 46.1 Å². The average molecular weight is 386 g/mol. The minimum atomic E-state index is -0.561. The number of nitrogens with one attached hydrogen (secondary N) is 1. The van der Waals surface area contributed by atoms with E-state index in [9.17, 15) is 9.59 Å². The smallest absolute Gasteiger partial charge is 0.412 e. The number of hydrogen-bond acceptors (Lipinski definition) is 6. The Labute approximate surface area is 165 Å². The van der Waals surface area contributed by atoms with Gasteiger partial charge in [0.1, 0.15) is 22.8 Å². The molecule has 0 saturated heterocycles. The van der Waals surface area contributed by atoms with Crippen LogP contribution in [0.15, 0.2) is 42.6 Å². The van der Waals surface area contributed by atoms with Crippen molar-refractivity contribution in [1.29, 1.82) is 0 Å². The second-order valence-electron chi connectivity index (χ2n) is 7.12.